The first kappa shape index (κ1) is 13.9. The zero-order valence-corrected chi connectivity index (χ0v) is 11.8. The Balaban J connectivity index is 1.87. The van der Waals surface area contributed by atoms with Gasteiger partial charge in [-0.2, -0.15) is 0 Å². The zero-order valence-electron chi connectivity index (χ0n) is 11.8. The predicted molar refractivity (Wildman–Crippen MR) is 72.0 cm³/mol. The van der Waals surface area contributed by atoms with Crippen molar-refractivity contribution in [2.45, 2.75) is 6.54 Å². The summed E-state index contributed by atoms with van der Waals surface area (Å²) in [7, 11) is 1.58. The molecule has 22 heavy (non-hydrogen) atoms. The number of hydrogen-bond acceptors (Lipinski definition) is 5. The van der Waals surface area contributed by atoms with Crippen LogP contribution in [0, 0.1) is 0 Å². The van der Waals surface area contributed by atoms with E-state index in [2.05, 4.69) is 5.27 Å². The first-order valence-electron chi connectivity index (χ1n) is 6.59. The summed E-state index contributed by atoms with van der Waals surface area (Å²) in [5, 5.41) is 15.6. The van der Waals surface area contributed by atoms with Crippen LogP contribution in [-0.4, -0.2) is 23.1 Å². The molecule has 3 rings (SSSR count). The normalized spacial score (nSPS) is 10.6. The predicted octanol–water partition coefficient (Wildman–Crippen LogP) is 0.890. The summed E-state index contributed by atoms with van der Waals surface area (Å²) in [6.45, 7) is 0.0523. The average Bonchev–Trinajstić information content (AvgIpc) is 3.18. The van der Waals surface area contributed by atoms with E-state index in [9.17, 15) is 9.90 Å². The number of nitrogens with zero attached hydrogens (tertiary/aromatic N) is 3. The highest BCUT2D eigenvalue weighted by Crippen LogP contribution is 2.14. The molecule has 0 saturated heterocycles. The lowest BCUT2D eigenvalue weighted by molar-refractivity contribution is -0.678. The third-order valence-electron chi connectivity index (χ3n) is 3.16. The fraction of sp³-hybridized carbons (Fsp3) is 0.133. The Morgan fingerprint density at radius 1 is 1.27 bits per heavy atom. The van der Waals surface area contributed by atoms with Gasteiger partial charge in [0.15, 0.2) is 11.7 Å². The highest BCUT2D eigenvalue weighted by molar-refractivity contribution is 5.91. The van der Waals surface area contributed by atoms with Crippen molar-refractivity contribution in [3.05, 3.63) is 60.2 Å². The third-order valence-corrected chi connectivity index (χ3v) is 3.16. The summed E-state index contributed by atoms with van der Waals surface area (Å²) in [4.78, 5) is 13.5. The molecule has 3 aromatic rings. The smallest absolute Gasteiger partial charge is 0.289 e. The Kier molecular flexibility index (Phi) is 3.61. The zero-order chi connectivity index (χ0) is 15.5. The van der Waals surface area contributed by atoms with E-state index >= 15 is 0 Å². The molecule has 7 nitrogen and oxygen atoms in total. The van der Waals surface area contributed by atoms with Gasteiger partial charge in [-0.05, 0) is 16.8 Å². The summed E-state index contributed by atoms with van der Waals surface area (Å²) in [5.41, 5.74) is 0.941. The lowest BCUT2D eigenvalue weighted by Crippen LogP contribution is -2.40. The largest absolute Gasteiger partial charge is 0.539 e. The first-order chi connectivity index (χ1) is 10.7. The number of carbonyl (C=O) groups is 1. The number of rotatable bonds is 4. The summed E-state index contributed by atoms with van der Waals surface area (Å²) >= 11 is 0. The van der Waals surface area contributed by atoms with E-state index in [0.717, 1.165) is 0 Å². The van der Waals surface area contributed by atoms with Gasteiger partial charge in [0.2, 0.25) is 5.69 Å². The molecule has 0 fully saturated rings. The maximum atomic E-state index is 12.2. The molecule has 0 N–H and O–H groups in total. The number of aromatic nitrogens is 2. The van der Waals surface area contributed by atoms with Gasteiger partial charge in [-0.25, -0.2) is 0 Å². The van der Waals surface area contributed by atoms with Gasteiger partial charge in [-0.3, -0.25) is 4.79 Å². The first-order valence-corrected chi connectivity index (χ1v) is 6.59. The summed E-state index contributed by atoms with van der Waals surface area (Å²) in [6.07, 6.45) is 1.42. The highest BCUT2D eigenvalue weighted by Gasteiger charge is 2.24. The molecular weight excluding hydrogens is 286 g/mol. The Hall–Kier alpha value is -3.09. The van der Waals surface area contributed by atoms with Gasteiger partial charge in [0.05, 0.1) is 11.5 Å². The number of carbonyl (C=O) groups excluding carboxylic acids is 1. The standard InChI is InChI=1S/C15H13N3O4/c1-17(14(19)13-8-5-9-21-13)10-12-15(20)22-16-18(12)11-6-3-2-4-7-11/h2-9H,10H2,1H3. The number of hydrogen-bond donors (Lipinski definition) is 0. The van der Waals surface area contributed by atoms with Crippen molar-refractivity contribution in [1.29, 1.82) is 0 Å². The monoisotopic (exact) mass is 299 g/mol. The second-order valence-electron chi connectivity index (χ2n) is 4.69. The Morgan fingerprint density at radius 2 is 2.05 bits per heavy atom. The van der Waals surface area contributed by atoms with Crippen LogP contribution in [0.5, 0.6) is 5.95 Å². The van der Waals surface area contributed by atoms with Crippen LogP contribution in [0.2, 0.25) is 0 Å². The van der Waals surface area contributed by atoms with Crippen molar-refractivity contribution < 1.29 is 23.5 Å². The van der Waals surface area contributed by atoms with Gasteiger partial charge < -0.3 is 18.9 Å². The molecule has 7 heteroatoms. The van der Waals surface area contributed by atoms with Gasteiger partial charge in [0.1, 0.15) is 6.54 Å². The Morgan fingerprint density at radius 3 is 2.73 bits per heavy atom. The van der Waals surface area contributed by atoms with Crippen LogP contribution in [0.3, 0.4) is 0 Å². The SMILES string of the molecule is CN(Cc1c([O-])on[n+]1-c1ccccc1)C(=O)c1ccco1. The van der Waals surface area contributed by atoms with Gasteiger partial charge >= 0.3 is 0 Å². The molecule has 0 aliphatic rings. The maximum absolute atomic E-state index is 12.2. The van der Waals surface area contributed by atoms with Gasteiger partial charge in [0, 0.05) is 19.2 Å². The second kappa shape index (κ2) is 5.72. The fourth-order valence-corrected chi connectivity index (χ4v) is 2.05. The Labute approximate surface area is 126 Å². The van der Waals surface area contributed by atoms with E-state index < -0.39 is 5.95 Å². The lowest BCUT2D eigenvalue weighted by Gasteiger charge is -2.13. The molecule has 0 aliphatic heterocycles. The van der Waals surface area contributed by atoms with E-state index in [-0.39, 0.29) is 23.9 Å². The molecule has 0 aliphatic carbocycles. The van der Waals surface area contributed by atoms with Crippen molar-refractivity contribution in [1.82, 2.24) is 10.2 Å². The quantitative estimate of drug-likeness (QED) is 0.668. The van der Waals surface area contributed by atoms with E-state index in [4.69, 9.17) is 8.94 Å². The van der Waals surface area contributed by atoms with Crippen molar-refractivity contribution in [3.63, 3.8) is 0 Å². The van der Waals surface area contributed by atoms with E-state index in [1.165, 1.54) is 15.8 Å². The van der Waals surface area contributed by atoms with Crippen LogP contribution < -0.4 is 9.79 Å². The minimum Gasteiger partial charge on any atom is -0.539 e. The van der Waals surface area contributed by atoms with Gasteiger partial charge in [-0.1, -0.05) is 18.2 Å². The molecule has 0 spiro atoms. The van der Waals surface area contributed by atoms with Crippen LogP contribution in [0.15, 0.2) is 57.7 Å². The topological polar surface area (TPSA) is 86.4 Å². The summed E-state index contributed by atoms with van der Waals surface area (Å²) in [6, 6.07) is 12.3. The van der Waals surface area contributed by atoms with Crippen LogP contribution in [0.25, 0.3) is 5.69 Å². The fourth-order valence-electron chi connectivity index (χ4n) is 2.05. The minimum absolute atomic E-state index is 0.0523. The number of amides is 1. The van der Waals surface area contributed by atoms with Gasteiger partial charge in [0.25, 0.3) is 11.6 Å². The van der Waals surface area contributed by atoms with Crippen LogP contribution in [0.4, 0.5) is 0 Å². The lowest BCUT2D eigenvalue weighted by atomic mass is 10.3. The van der Waals surface area contributed by atoms with Crippen LogP contribution in [0.1, 0.15) is 16.2 Å². The van der Waals surface area contributed by atoms with Crippen molar-refractivity contribution in [3.8, 4) is 11.6 Å². The third kappa shape index (κ3) is 2.56. The molecule has 2 heterocycles. The second-order valence-corrected chi connectivity index (χ2v) is 4.69. The molecular formula is C15H13N3O4. The number of para-hydroxylation sites is 1. The number of furan rings is 1. The molecule has 0 saturated carbocycles. The maximum Gasteiger partial charge on any atom is 0.289 e. The van der Waals surface area contributed by atoms with Crippen molar-refractivity contribution in [2.24, 2.45) is 0 Å². The molecule has 112 valence electrons. The van der Waals surface area contributed by atoms with Crippen LogP contribution in [-0.2, 0) is 6.54 Å². The minimum atomic E-state index is -0.581. The van der Waals surface area contributed by atoms with Crippen molar-refractivity contribution in [2.75, 3.05) is 7.05 Å². The van der Waals surface area contributed by atoms with Gasteiger partial charge in [-0.15, -0.1) is 0 Å². The number of benzene rings is 1. The van der Waals surface area contributed by atoms with Crippen molar-refractivity contribution >= 4 is 5.91 Å². The molecule has 0 bridgehead atoms. The summed E-state index contributed by atoms with van der Waals surface area (Å²) in [5.74, 6) is -0.703. The molecule has 0 atom stereocenters. The molecule has 0 unspecified atom stereocenters. The highest BCUT2D eigenvalue weighted by atomic mass is 16.6. The molecule has 2 aromatic heterocycles. The van der Waals surface area contributed by atoms with E-state index in [0.29, 0.717) is 5.69 Å². The van der Waals surface area contributed by atoms with E-state index in [1.54, 1.807) is 31.3 Å². The molecule has 0 radical (unpaired) electrons. The summed E-state index contributed by atoms with van der Waals surface area (Å²) < 4.78 is 11.2. The average molecular weight is 299 g/mol. The van der Waals surface area contributed by atoms with E-state index in [1.807, 2.05) is 18.2 Å². The molecule has 1 amide bonds. The van der Waals surface area contributed by atoms with Crippen LogP contribution >= 0.6 is 0 Å². The molecule has 1 aromatic carbocycles. The Bertz CT molecular complexity index is 765.